The minimum absolute atomic E-state index is 0.0684. The number of benzene rings is 1. The second-order valence-corrected chi connectivity index (χ2v) is 7.04. The zero-order valence-corrected chi connectivity index (χ0v) is 13.6. The number of nitrogens with two attached hydrogens (primary N) is 1. The van der Waals surface area contributed by atoms with Crippen LogP contribution in [0.3, 0.4) is 0 Å². The van der Waals surface area contributed by atoms with Gasteiger partial charge >= 0.3 is 0 Å². The van der Waals surface area contributed by atoms with E-state index in [1.807, 2.05) is 4.90 Å². The Morgan fingerprint density at radius 3 is 2.27 bits per heavy atom. The molecule has 1 aliphatic carbocycles. The van der Waals surface area contributed by atoms with E-state index in [-0.39, 0.29) is 11.4 Å². The van der Waals surface area contributed by atoms with E-state index in [1.54, 1.807) is 0 Å². The molecule has 0 atom stereocenters. The summed E-state index contributed by atoms with van der Waals surface area (Å²) >= 11 is 0. The van der Waals surface area contributed by atoms with Crippen LogP contribution in [0.4, 0.5) is 0 Å². The molecule has 0 unspecified atom stereocenters. The van der Waals surface area contributed by atoms with Crippen LogP contribution in [0, 0.1) is 0 Å². The molecule has 120 valence electrons. The lowest BCUT2D eigenvalue weighted by atomic mass is 10.0. The summed E-state index contributed by atoms with van der Waals surface area (Å²) < 4.78 is 0. The molecule has 4 nitrogen and oxygen atoms in total. The molecule has 3 rings (SSSR count). The number of piperazine rings is 1. The zero-order chi connectivity index (χ0) is 15.6. The first-order valence-electron chi connectivity index (χ1n) is 8.37. The standard InChI is InChI=1S/C18H27N3O/c1-20-10-12-21(13-11-20)17(22)7-6-15-2-4-16(5-3-15)14-18(19)8-9-18/h2-5H,6-14,19H2,1H3. The minimum Gasteiger partial charge on any atom is -0.340 e. The number of hydrogen-bond acceptors (Lipinski definition) is 3. The number of likely N-dealkylation sites (N-methyl/N-ethyl adjacent to an activating group) is 1. The number of amides is 1. The highest BCUT2D eigenvalue weighted by Gasteiger charge is 2.37. The SMILES string of the molecule is CN1CCN(C(=O)CCc2ccc(CC3(N)CC3)cc2)CC1. The number of rotatable bonds is 5. The van der Waals surface area contributed by atoms with E-state index < -0.39 is 0 Å². The highest BCUT2D eigenvalue weighted by Crippen LogP contribution is 2.35. The molecule has 0 aromatic heterocycles. The number of hydrogen-bond donors (Lipinski definition) is 1. The Hall–Kier alpha value is -1.39. The topological polar surface area (TPSA) is 49.6 Å². The molecule has 4 heteroatoms. The predicted octanol–water partition coefficient (Wildman–Crippen LogP) is 1.43. The van der Waals surface area contributed by atoms with Gasteiger partial charge in [0.2, 0.25) is 5.91 Å². The number of carbonyl (C=O) groups excluding carboxylic acids is 1. The quantitative estimate of drug-likeness (QED) is 0.895. The molecular weight excluding hydrogens is 274 g/mol. The molecule has 2 fully saturated rings. The van der Waals surface area contributed by atoms with Crippen molar-refractivity contribution in [2.45, 2.75) is 37.6 Å². The van der Waals surface area contributed by atoms with Crippen molar-refractivity contribution in [2.24, 2.45) is 5.73 Å². The normalized spacial score (nSPS) is 20.9. The lowest BCUT2D eigenvalue weighted by molar-refractivity contribution is -0.132. The van der Waals surface area contributed by atoms with Gasteiger partial charge in [-0.25, -0.2) is 0 Å². The first kappa shape index (κ1) is 15.5. The van der Waals surface area contributed by atoms with Gasteiger partial charge in [-0.3, -0.25) is 4.79 Å². The number of aryl methyl sites for hydroxylation is 1. The molecule has 0 radical (unpaired) electrons. The van der Waals surface area contributed by atoms with Gasteiger partial charge in [0.25, 0.3) is 0 Å². The Bertz CT molecular complexity index is 514. The average Bonchev–Trinajstić information content (AvgIpc) is 3.24. The van der Waals surface area contributed by atoms with E-state index in [4.69, 9.17) is 5.73 Å². The van der Waals surface area contributed by atoms with Gasteiger partial charge in [0, 0.05) is 38.1 Å². The van der Waals surface area contributed by atoms with E-state index in [0.29, 0.717) is 6.42 Å². The molecule has 22 heavy (non-hydrogen) atoms. The molecule has 0 spiro atoms. The Kier molecular flexibility index (Phi) is 4.50. The summed E-state index contributed by atoms with van der Waals surface area (Å²) in [5.74, 6) is 0.288. The van der Waals surface area contributed by atoms with Crippen LogP contribution in [0.25, 0.3) is 0 Å². The third-order valence-electron chi connectivity index (χ3n) is 4.95. The van der Waals surface area contributed by atoms with Crippen LogP contribution in [0.15, 0.2) is 24.3 Å². The van der Waals surface area contributed by atoms with E-state index in [2.05, 4.69) is 36.2 Å². The summed E-state index contributed by atoms with van der Waals surface area (Å²) in [7, 11) is 2.11. The summed E-state index contributed by atoms with van der Waals surface area (Å²) in [6.45, 7) is 3.71. The average molecular weight is 301 g/mol. The maximum Gasteiger partial charge on any atom is 0.222 e. The van der Waals surface area contributed by atoms with Crippen molar-refractivity contribution in [3.05, 3.63) is 35.4 Å². The van der Waals surface area contributed by atoms with Gasteiger partial charge < -0.3 is 15.5 Å². The van der Waals surface area contributed by atoms with Gasteiger partial charge in [-0.05, 0) is 43.9 Å². The fourth-order valence-corrected chi connectivity index (χ4v) is 3.03. The Balaban J connectivity index is 1.45. The van der Waals surface area contributed by atoms with Gasteiger partial charge in [0.05, 0.1) is 0 Å². The number of nitrogens with zero attached hydrogens (tertiary/aromatic N) is 2. The summed E-state index contributed by atoms with van der Waals surface area (Å²) in [5, 5.41) is 0. The Morgan fingerprint density at radius 1 is 1.09 bits per heavy atom. The largest absolute Gasteiger partial charge is 0.340 e. The van der Waals surface area contributed by atoms with Crippen molar-refractivity contribution in [2.75, 3.05) is 33.2 Å². The third-order valence-corrected chi connectivity index (χ3v) is 4.95. The molecule has 1 heterocycles. The van der Waals surface area contributed by atoms with Crippen LogP contribution < -0.4 is 5.73 Å². The molecule has 1 aromatic rings. The van der Waals surface area contributed by atoms with Crippen molar-refractivity contribution in [1.29, 1.82) is 0 Å². The smallest absolute Gasteiger partial charge is 0.222 e. The number of carbonyl (C=O) groups is 1. The molecule has 1 saturated heterocycles. The summed E-state index contributed by atoms with van der Waals surface area (Å²) in [6, 6.07) is 8.64. The monoisotopic (exact) mass is 301 g/mol. The second-order valence-electron chi connectivity index (χ2n) is 7.04. The summed E-state index contributed by atoms with van der Waals surface area (Å²) in [5.41, 5.74) is 8.78. The lowest BCUT2D eigenvalue weighted by Gasteiger charge is -2.32. The maximum absolute atomic E-state index is 12.2. The van der Waals surface area contributed by atoms with Crippen molar-refractivity contribution in [1.82, 2.24) is 9.80 Å². The molecular formula is C18H27N3O. The first-order valence-corrected chi connectivity index (χ1v) is 8.37. The fraction of sp³-hybridized carbons (Fsp3) is 0.611. The van der Waals surface area contributed by atoms with E-state index in [9.17, 15) is 4.79 Å². The second kappa shape index (κ2) is 6.39. The van der Waals surface area contributed by atoms with Gasteiger partial charge in [0.15, 0.2) is 0 Å². The minimum atomic E-state index is 0.0684. The van der Waals surface area contributed by atoms with Crippen molar-refractivity contribution in [3.63, 3.8) is 0 Å². The van der Waals surface area contributed by atoms with E-state index >= 15 is 0 Å². The van der Waals surface area contributed by atoms with E-state index in [0.717, 1.165) is 51.9 Å². The molecule has 1 aliphatic heterocycles. The van der Waals surface area contributed by atoms with Gasteiger partial charge in [-0.2, -0.15) is 0 Å². The third kappa shape index (κ3) is 4.08. The van der Waals surface area contributed by atoms with Crippen LogP contribution >= 0.6 is 0 Å². The van der Waals surface area contributed by atoms with Crippen LogP contribution in [-0.2, 0) is 17.6 Å². The molecule has 2 N–H and O–H groups in total. The van der Waals surface area contributed by atoms with Crippen LogP contribution in [0.1, 0.15) is 30.4 Å². The predicted molar refractivity (Wildman–Crippen MR) is 88.7 cm³/mol. The molecule has 1 aromatic carbocycles. The molecule has 1 saturated carbocycles. The van der Waals surface area contributed by atoms with E-state index in [1.165, 1.54) is 11.1 Å². The van der Waals surface area contributed by atoms with Crippen molar-refractivity contribution >= 4 is 5.91 Å². The molecule has 0 bridgehead atoms. The first-order chi connectivity index (χ1) is 10.5. The van der Waals surface area contributed by atoms with Crippen LogP contribution in [0.5, 0.6) is 0 Å². The van der Waals surface area contributed by atoms with Crippen LogP contribution in [-0.4, -0.2) is 54.5 Å². The summed E-state index contributed by atoms with van der Waals surface area (Å²) in [6.07, 6.45) is 4.72. The Labute approximate surface area is 133 Å². The Morgan fingerprint density at radius 2 is 1.68 bits per heavy atom. The van der Waals surface area contributed by atoms with Crippen molar-refractivity contribution < 1.29 is 4.79 Å². The van der Waals surface area contributed by atoms with Gasteiger partial charge in [-0.15, -0.1) is 0 Å². The highest BCUT2D eigenvalue weighted by molar-refractivity contribution is 5.76. The van der Waals surface area contributed by atoms with Crippen molar-refractivity contribution in [3.8, 4) is 0 Å². The lowest BCUT2D eigenvalue weighted by Crippen LogP contribution is -2.47. The maximum atomic E-state index is 12.2. The van der Waals surface area contributed by atoms with Crippen LogP contribution in [0.2, 0.25) is 0 Å². The fourth-order valence-electron chi connectivity index (χ4n) is 3.03. The van der Waals surface area contributed by atoms with Gasteiger partial charge in [-0.1, -0.05) is 24.3 Å². The van der Waals surface area contributed by atoms with Gasteiger partial charge in [0.1, 0.15) is 0 Å². The highest BCUT2D eigenvalue weighted by atomic mass is 16.2. The molecule has 2 aliphatic rings. The molecule has 1 amide bonds. The summed E-state index contributed by atoms with van der Waals surface area (Å²) in [4.78, 5) is 16.5. The zero-order valence-electron chi connectivity index (χ0n) is 13.6.